The summed E-state index contributed by atoms with van der Waals surface area (Å²) in [6.45, 7) is 4.04. The number of nitrogens with two attached hydrogens (primary N) is 1. The minimum absolute atomic E-state index is 0.00388. The Morgan fingerprint density at radius 1 is 1.21 bits per heavy atom. The number of alkyl halides is 3. The van der Waals surface area contributed by atoms with Crippen LogP contribution in [-0.2, 0) is 10.9 Å². The maximum absolute atomic E-state index is 12.8. The first-order valence-corrected chi connectivity index (χ1v) is 10.3. The smallest absolute Gasteiger partial charge is 0.383 e. The lowest BCUT2D eigenvalue weighted by atomic mass is 10.1. The molecule has 3 aromatic rings. The Morgan fingerprint density at radius 2 is 1.94 bits per heavy atom. The van der Waals surface area contributed by atoms with Crippen LogP contribution in [0.2, 0.25) is 0 Å². The molecular weight excluding hydrogens is 437 g/mol. The van der Waals surface area contributed by atoms with Crippen LogP contribution < -0.4 is 16.0 Å². The van der Waals surface area contributed by atoms with Crippen molar-refractivity contribution < 1.29 is 22.7 Å². The number of nitrogens with zero attached hydrogens (tertiary/aromatic N) is 4. The summed E-state index contributed by atoms with van der Waals surface area (Å²) < 4.78 is 43.0. The number of aromatic nitrogens is 3. The molecule has 1 atom stereocenters. The molecule has 0 radical (unpaired) electrons. The highest BCUT2D eigenvalue weighted by Crippen LogP contribution is 2.26. The molecule has 0 saturated carbocycles. The third kappa shape index (κ3) is 5.93. The van der Waals surface area contributed by atoms with Gasteiger partial charge in [-0.2, -0.15) is 13.2 Å². The van der Waals surface area contributed by atoms with E-state index in [4.69, 9.17) is 10.5 Å². The van der Waals surface area contributed by atoms with Gasteiger partial charge in [0.2, 0.25) is 5.82 Å². The zero-order valence-electron chi connectivity index (χ0n) is 18.3. The fourth-order valence-electron chi connectivity index (χ4n) is 3.25. The quantitative estimate of drug-likeness (QED) is 0.504. The Balaban J connectivity index is 1.71. The predicted molar refractivity (Wildman–Crippen MR) is 118 cm³/mol. The number of hydrogen-bond donors (Lipinski definition) is 2. The van der Waals surface area contributed by atoms with E-state index in [2.05, 4.69) is 25.2 Å². The lowest BCUT2D eigenvalue weighted by Gasteiger charge is -2.22. The van der Waals surface area contributed by atoms with Crippen LogP contribution in [-0.4, -0.2) is 54.2 Å². The molecule has 1 amide bonds. The molecule has 11 heteroatoms. The first-order chi connectivity index (χ1) is 15.7. The Labute approximate surface area is 189 Å². The van der Waals surface area contributed by atoms with Gasteiger partial charge in [0, 0.05) is 55.7 Å². The average molecular weight is 462 g/mol. The van der Waals surface area contributed by atoms with Gasteiger partial charge in [-0.05, 0) is 31.2 Å². The molecule has 1 aromatic carbocycles. The van der Waals surface area contributed by atoms with E-state index in [1.165, 1.54) is 0 Å². The molecule has 0 bridgehead atoms. The summed E-state index contributed by atoms with van der Waals surface area (Å²) in [5.74, 6) is -0.830. The second-order valence-corrected chi connectivity index (χ2v) is 7.27. The summed E-state index contributed by atoms with van der Waals surface area (Å²) in [6.07, 6.45) is -2.60. The van der Waals surface area contributed by atoms with Crippen LogP contribution in [0.1, 0.15) is 34.7 Å². The van der Waals surface area contributed by atoms with Crippen LogP contribution >= 0.6 is 0 Å². The Kier molecular flexibility index (Phi) is 7.77. The van der Waals surface area contributed by atoms with E-state index >= 15 is 0 Å². The van der Waals surface area contributed by atoms with Gasteiger partial charge in [-0.3, -0.25) is 4.79 Å². The van der Waals surface area contributed by atoms with E-state index in [1.807, 2.05) is 25.1 Å². The van der Waals surface area contributed by atoms with Crippen molar-refractivity contribution in [2.45, 2.75) is 19.1 Å². The van der Waals surface area contributed by atoms with Crippen LogP contribution in [0.3, 0.4) is 0 Å². The van der Waals surface area contributed by atoms with E-state index in [-0.39, 0.29) is 18.0 Å². The molecule has 33 heavy (non-hydrogen) atoms. The maximum atomic E-state index is 12.8. The van der Waals surface area contributed by atoms with Gasteiger partial charge in [0.15, 0.2) is 0 Å². The number of ether oxygens (including phenoxy) is 1. The number of methoxy groups -OCH3 is 1. The number of anilines is 1. The zero-order valence-corrected chi connectivity index (χ0v) is 18.3. The summed E-state index contributed by atoms with van der Waals surface area (Å²) in [5.41, 5.74) is 7.36. The summed E-state index contributed by atoms with van der Waals surface area (Å²) in [5, 5.41) is 3.39. The monoisotopic (exact) mass is 462 g/mol. The third-order valence-electron chi connectivity index (χ3n) is 5.07. The molecule has 2 aromatic heterocycles. The highest BCUT2D eigenvalue weighted by Gasteiger charge is 2.34. The van der Waals surface area contributed by atoms with E-state index in [1.54, 1.807) is 19.2 Å². The Bertz CT molecular complexity index is 1090. The number of carbonyl (C=O) groups excluding carboxylic acids is 1. The maximum Gasteiger partial charge on any atom is 0.451 e. The van der Waals surface area contributed by atoms with Crippen molar-refractivity contribution in [2.24, 2.45) is 5.73 Å². The van der Waals surface area contributed by atoms with Gasteiger partial charge in [-0.15, -0.1) is 0 Å². The van der Waals surface area contributed by atoms with Crippen molar-refractivity contribution in [3.8, 4) is 0 Å². The number of likely N-dealkylation sites (N-methyl/N-ethyl adjacent to an activating group) is 1. The molecule has 8 nitrogen and oxygen atoms in total. The second kappa shape index (κ2) is 10.5. The Hall–Kier alpha value is -3.31. The minimum Gasteiger partial charge on any atom is -0.383 e. The van der Waals surface area contributed by atoms with Crippen LogP contribution in [0.15, 0.2) is 42.7 Å². The molecule has 0 fully saturated rings. The molecule has 0 aliphatic carbocycles. The molecule has 3 N–H and O–H groups in total. The van der Waals surface area contributed by atoms with Crippen molar-refractivity contribution in [3.63, 3.8) is 0 Å². The van der Waals surface area contributed by atoms with Gasteiger partial charge in [0.05, 0.1) is 18.2 Å². The fourth-order valence-corrected chi connectivity index (χ4v) is 3.25. The van der Waals surface area contributed by atoms with E-state index in [0.717, 1.165) is 24.8 Å². The summed E-state index contributed by atoms with van der Waals surface area (Å²) >= 11 is 0. The summed E-state index contributed by atoms with van der Waals surface area (Å²) in [6, 6.07) is 8.16. The normalized spacial score (nSPS) is 12.5. The molecular formula is C22H25F3N6O2. The number of pyridine rings is 1. The van der Waals surface area contributed by atoms with Crippen molar-refractivity contribution in [1.29, 1.82) is 0 Å². The molecule has 0 aliphatic heterocycles. The highest BCUT2D eigenvalue weighted by molar-refractivity contribution is 6.06. The standard InChI is InChI=1S/C22H25F3N6O2/c1-3-31(9-10-33-2)19-8-7-15-16(5-4-6-18(15)30-19)20(32)27-13-17(26)14-11-28-21(29-12-14)22(23,24)25/h4-8,11-12,17H,3,9-10,13,26H2,1-2H3,(H,27,32). The second-order valence-electron chi connectivity index (χ2n) is 7.27. The summed E-state index contributed by atoms with van der Waals surface area (Å²) in [4.78, 5) is 26.1. The molecule has 0 saturated heterocycles. The number of rotatable bonds is 9. The number of carbonyl (C=O) groups is 1. The number of benzene rings is 1. The Morgan fingerprint density at radius 3 is 2.58 bits per heavy atom. The van der Waals surface area contributed by atoms with Gasteiger partial charge < -0.3 is 20.7 Å². The summed E-state index contributed by atoms with van der Waals surface area (Å²) in [7, 11) is 1.64. The highest BCUT2D eigenvalue weighted by atomic mass is 19.4. The predicted octanol–water partition coefficient (Wildman–Crippen LogP) is 2.95. The fraction of sp³-hybridized carbons (Fsp3) is 0.364. The van der Waals surface area contributed by atoms with Crippen molar-refractivity contribution in [3.05, 3.63) is 59.7 Å². The van der Waals surface area contributed by atoms with Crippen molar-refractivity contribution in [1.82, 2.24) is 20.3 Å². The van der Waals surface area contributed by atoms with E-state index in [9.17, 15) is 18.0 Å². The van der Waals surface area contributed by atoms with E-state index in [0.29, 0.717) is 29.6 Å². The topological polar surface area (TPSA) is 106 Å². The van der Waals surface area contributed by atoms with Gasteiger partial charge in [0.1, 0.15) is 5.82 Å². The van der Waals surface area contributed by atoms with Gasteiger partial charge in [0.25, 0.3) is 5.91 Å². The van der Waals surface area contributed by atoms with Crippen LogP contribution in [0.4, 0.5) is 19.0 Å². The first kappa shape index (κ1) is 24.3. The van der Waals surface area contributed by atoms with E-state index < -0.39 is 18.0 Å². The number of nitrogens with one attached hydrogen (secondary N) is 1. The average Bonchev–Trinajstić information content (AvgIpc) is 2.81. The molecule has 3 rings (SSSR count). The van der Waals surface area contributed by atoms with Crippen molar-refractivity contribution in [2.75, 3.05) is 38.3 Å². The van der Waals surface area contributed by atoms with Gasteiger partial charge in [-0.1, -0.05) is 6.07 Å². The zero-order chi connectivity index (χ0) is 24.0. The first-order valence-electron chi connectivity index (χ1n) is 10.3. The number of halogens is 3. The van der Waals surface area contributed by atoms with Crippen LogP contribution in [0.5, 0.6) is 0 Å². The number of amides is 1. The minimum atomic E-state index is -4.63. The van der Waals surface area contributed by atoms with Crippen LogP contribution in [0, 0.1) is 0 Å². The molecule has 2 heterocycles. The molecule has 176 valence electrons. The number of fused-ring (bicyclic) bond motifs is 1. The van der Waals surface area contributed by atoms with Gasteiger partial charge in [-0.25, -0.2) is 15.0 Å². The van der Waals surface area contributed by atoms with Crippen molar-refractivity contribution >= 4 is 22.6 Å². The largest absolute Gasteiger partial charge is 0.451 e. The van der Waals surface area contributed by atoms with Crippen LogP contribution in [0.25, 0.3) is 10.9 Å². The molecule has 1 unspecified atom stereocenters. The lowest BCUT2D eigenvalue weighted by molar-refractivity contribution is -0.145. The molecule has 0 aliphatic rings. The lowest BCUT2D eigenvalue weighted by Crippen LogP contribution is -2.32. The number of hydrogen-bond acceptors (Lipinski definition) is 7. The third-order valence-corrected chi connectivity index (χ3v) is 5.07. The SMILES string of the molecule is CCN(CCOC)c1ccc2c(C(=O)NCC(N)c3cnc(C(F)(F)F)nc3)cccc2n1. The van der Waals surface area contributed by atoms with Gasteiger partial charge >= 0.3 is 6.18 Å². The molecule has 0 spiro atoms.